The second kappa shape index (κ2) is 5.29. The Morgan fingerprint density at radius 1 is 1.00 bits per heavy atom. The van der Waals surface area contributed by atoms with E-state index in [2.05, 4.69) is 0 Å². The Balaban J connectivity index is 2.40. The van der Waals surface area contributed by atoms with E-state index < -0.39 is 11.7 Å². The van der Waals surface area contributed by atoms with Crippen LogP contribution in [0.5, 0.6) is 0 Å². The monoisotopic (exact) mass is 282 g/mol. The highest BCUT2D eigenvalue weighted by molar-refractivity contribution is 6.85. The summed E-state index contributed by atoms with van der Waals surface area (Å²) in [5.41, 5.74) is 0.787. The van der Waals surface area contributed by atoms with E-state index in [1.54, 1.807) is 18.2 Å². The highest BCUT2D eigenvalue weighted by Gasteiger charge is 2.31. The third-order valence-corrected chi connectivity index (χ3v) is 3.43. The zero-order valence-corrected chi connectivity index (χ0v) is 11.0. The van der Waals surface area contributed by atoms with Gasteiger partial charge in [0.15, 0.2) is 0 Å². The van der Waals surface area contributed by atoms with Gasteiger partial charge in [-0.1, -0.05) is 71.8 Å². The van der Waals surface area contributed by atoms with Gasteiger partial charge in [0.2, 0.25) is 6.71 Å². The predicted molar refractivity (Wildman–Crippen MR) is 73.8 cm³/mol. The number of halogens is 4. The molecule has 2 rings (SSSR count). The second-order valence-electron chi connectivity index (χ2n) is 4.37. The van der Waals surface area contributed by atoms with Crippen LogP contribution in [0.4, 0.5) is 13.2 Å². The number of hydrogen-bond acceptors (Lipinski definition) is 0. The molecular formula is C14H11BClF3. The van der Waals surface area contributed by atoms with E-state index in [1.165, 1.54) is 12.1 Å². The molecule has 0 unspecified atom stereocenters. The fraction of sp³-hybridized carbons (Fsp3) is 0.143. The lowest BCUT2D eigenvalue weighted by molar-refractivity contribution is -0.137. The summed E-state index contributed by atoms with van der Waals surface area (Å²) in [5.74, 6) is 0. The molecule has 0 aromatic heterocycles. The Morgan fingerprint density at radius 2 is 1.68 bits per heavy atom. The van der Waals surface area contributed by atoms with Gasteiger partial charge in [0.25, 0.3) is 0 Å². The van der Waals surface area contributed by atoms with Gasteiger partial charge in [-0.25, -0.2) is 0 Å². The lowest BCUT2D eigenvalue weighted by Gasteiger charge is -2.13. The Bertz CT molecular complexity index is 581. The van der Waals surface area contributed by atoms with Gasteiger partial charge in [-0.05, 0) is 6.07 Å². The Kier molecular flexibility index (Phi) is 3.90. The summed E-state index contributed by atoms with van der Waals surface area (Å²) in [4.78, 5) is 0. The van der Waals surface area contributed by atoms with Crippen molar-refractivity contribution in [1.82, 2.24) is 0 Å². The minimum Gasteiger partial charge on any atom is -0.166 e. The average molecular weight is 283 g/mol. The zero-order chi connectivity index (χ0) is 14.0. The summed E-state index contributed by atoms with van der Waals surface area (Å²) in [6.07, 6.45) is -4.32. The zero-order valence-electron chi connectivity index (χ0n) is 10.2. The number of alkyl halides is 3. The molecule has 0 bridgehead atoms. The third kappa shape index (κ3) is 3.13. The fourth-order valence-corrected chi connectivity index (χ4v) is 2.29. The molecule has 0 saturated heterocycles. The average Bonchev–Trinajstić information content (AvgIpc) is 2.38. The molecule has 5 heteroatoms. The van der Waals surface area contributed by atoms with Gasteiger partial charge >= 0.3 is 6.18 Å². The molecule has 98 valence electrons. The second-order valence-corrected chi connectivity index (χ2v) is 4.77. The van der Waals surface area contributed by atoms with Crippen molar-refractivity contribution in [2.75, 3.05) is 0 Å². The normalized spacial score (nSPS) is 11.4. The summed E-state index contributed by atoms with van der Waals surface area (Å²) in [7, 11) is 0. The van der Waals surface area contributed by atoms with Crippen LogP contribution in [0, 0.1) is 0 Å². The molecule has 0 fully saturated rings. The molecule has 0 saturated carbocycles. The van der Waals surface area contributed by atoms with Gasteiger partial charge in [0.05, 0.1) is 5.56 Å². The molecule has 2 aromatic carbocycles. The highest BCUT2D eigenvalue weighted by Crippen LogP contribution is 2.28. The Labute approximate surface area is 115 Å². The molecule has 0 radical (unpaired) electrons. The molecule has 19 heavy (non-hydrogen) atoms. The smallest absolute Gasteiger partial charge is 0.166 e. The van der Waals surface area contributed by atoms with E-state index in [-0.39, 0.29) is 6.71 Å². The molecule has 0 aliphatic carbocycles. The summed E-state index contributed by atoms with van der Waals surface area (Å²) < 4.78 is 38.1. The van der Waals surface area contributed by atoms with Gasteiger partial charge in [-0.3, -0.25) is 0 Å². The van der Waals surface area contributed by atoms with Crippen LogP contribution in [-0.4, -0.2) is 6.71 Å². The molecular weight excluding hydrogens is 271 g/mol. The molecule has 0 nitrogen and oxygen atoms in total. The molecule has 0 atom stereocenters. The van der Waals surface area contributed by atoms with Crippen molar-refractivity contribution in [1.29, 1.82) is 0 Å². The molecule has 0 N–H and O–H groups in total. The number of hydrogen-bond donors (Lipinski definition) is 0. The SMILES string of the molecule is CB(c1cccc(C(F)(F)F)c1)c1ccccc1Cl. The van der Waals surface area contributed by atoms with Crippen LogP contribution in [0.25, 0.3) is 0 Å². The van der Waals surface area contributed by atoms with Gasteiger partial charge < -0.3 is 0 Å². The molecule has 0 heterocycles. The van der Waals surface area contributed by atoms with Crippen LogP contribution >= 0.6 is 11.6 Å². The van der Waals surface area contributed by atoms with E-state index in [4.69, 9.17) is 11.6 Å². The maximum atomic E-state index is 12.7. The summed E-state index contributed by atoms with van der Waals surface area (Å²) in [6.45, 7) is 1.66. The number of rotatable bonds is 2. The minimum atomic E-state index is -4.32. The van der Waals surface area contributed by atoms with E-state index in [0.29, 0.717) is 10.5 Å². The molecule has 0 amide bonds. The van der Waals surface area contributed by atoms with E-state index in [0.717, 1.165) is 11.5 Å². The van der Waals surface area contributed by atoms with Crippen LogP contribution in [0.15, 0.2) is 48.5 Å². The molecule has 0 aliphatic heterocycles. The Morgan fingerprint density at radius 3 is 2.32 bits per heavy atom. The van der Waals surface area contributed by atoms with Crippen LogP contribution in [0.1, 0.15) is 5.56 Å². The topological polar surface area (TPSA) is 0 Å². The Hall–Kier alpha value is -1.42. The molecule has 0 spiro atoms. The summed E-state index contributed by atoms with van der Waals surface area (Å²) in [5, 5.41) is 0.562. The van der Waals surface area contributed by atoms with Crippen LogP contribution in [0.3, 0.4) is 0 Å². The maximum absolute atomic E-state index is 12.7. The van der Waals surface area contributed by atoms with Gasteiger partial charge in [0.1, 0.15) is 0 Å². The first-order chi connectivity index (χ1) is 8.89. The molecule has 0 aliphatic rings. The third-order valence-electron chi connectivity index (χ3n) is 3.09. The first-order valence-electron chi connectivity index (χ1n) is 5.81. The summed E-state index contributed by atoms with van der Waals surface area (Å²) >= 11 is 6.08. The standard InChI is InChI=1S/C14H11BClF3/c1-15(12-7-2-3-8-13(12)16)11-6-4-5-10(9-11)14(17,18)19/h2-9H,1H3. The van der Waals surface area contributed by atoms with Crippen molar-refractivity contribution in [3.63, 3.8) is 0 Å². The largest absolute Gasteiger partial charge is 0.416 e. The van der Waals surface area contributed by atoms with Crippen LogP contribution in [-0.2, 0) is 6.18 Å². The van der Waals surface area contributed by atoms with Crippen LogP contribution < -0.4 is 10.9 Å². The van der Waals surface area contributed by atoms with Crippen molar-refractivity contribution in [3.05, 3.63) is 59.1 Å². The summed E-state index contributed by atoms with van der Waals surface area (Å²) in [6, 6.07) is 12.5. The van der Waals surface area contributed by atoms with Gasteiger partial charge in [-0.15, -0.1) is 0 Å². The van der Waals surface area contributed by atoms with E-state index >= 15 is 0 Å². The van der Waals surface area contributed by atoms with Gasteiger partial charge in [-0.2, -0.15) is 13.2 Å². The van der Waals surface area contributed by atoms with Crippen molar-refractivity contribution in [2.24, 2.45) is 0 Å². The van der Waals surface area contributed by atoms with Crippen molar-refractivity contribution < 1.29 is 13.2 Å². The van der Waals surface area contributed by atoms with Crippen molar-refractivity contribution >= 4 is 29.2 Å². The van der Waals surface area contributed by atoms with Crippen LogP contribution in [0.2, 0.25) is 11.8 Å². The first-order valence-corrected chi connectivity index (χ1v) is 6.19. The van der Waals surface area contributed by atoms with Crippen molar-refractivity contribution in [3.8, 4) is 0 Å². The lowest BCUT2D eigenvalue weighted by atomic mass is 9.42. The lowest BCUT2D eigenvalue weighted by Crippen LogP contribution is -2.40. The highest BCUT2D eigenvalue weighted by atomic mass is 35.5. The molecule has 2 aromatic rings. The first kappa shape index (κ1) is 14.0. The fourth-order valence-electron chi connectivity index (χ4n) is 1.99. The van der Waals surface area contributed by atoms with Crippen molar-refractivity contribution in [2.45, 2.75) is 13.0 Å². The van der Waals surface area contributed by atoms with E-state index in [9.17, 15) is 13.2 Å². The number of benzene rings is 2. The van der Waals surface area contributed by atoms with E-state index in [1.807, 2.05) is 19.0 Å². The minimum absolute atomic E-state index is 0.184. The quantitative estimate of drug-likeness (QED) is 0.738. The predicted octanol–water partition coefficient (Wildman–Crippen LogP) is 3.60. The van der Waals surface area contributed by atoms with Gasteiger partial charge in [0, 0.05) is 5.02 Å². The maximum Gasteiger partial charge on any atom is 0.416 e.